The zero-order chi connectivity index (χ0) is 22.3. The van der Waals surface area contributed by atoms with Gasteiger partial charge in [0.05, 0.1) is 22.5 Å². The molecule has 2 N–H and O–H groups in total. The molecule has 0 amide bonds. The molecular weight excluding hydrogens is 388 g/mol. The van der Waals surface area contributed by atoms with Crippen molar-refractivity contribution in [3.63, 3.8) is 0 Å². The Morgan fingerprint density at radius 3 is 2.33 bits per heavy atom. The third-order valence-corrected chi connectivity index (χ3v) is 5.54. The van der Waals surface area contributed by atoms with Gasteiger partial charge in [0.2, 0.25) is 0 Å². The molecule has 0 spiro atoms. The summed E-state index contributed by atoms with van der Waals surface area (Å²) in [6.07, 6.45) is 2.00. The second-order valence-electron chi connectivity index (χ2n) is 9.79. The van der Waals surface area contributed by atoms with Crippen LogP contribution in [0.3, 0.4) is 0 Å². The van der Waals surface area contributed by atoms with Gasteiger partial charge in [-0.05, 0) is 23.7 Å². The van der Waals surface area contributed by atoms with Crippen LogP contribution >= 0.6 is 0 Å². The van der Waals surface area contributed by atoms with E-state index in [0.29, 0.717) is 36.3 Å². The van der Waals surface area contributed by atoms with Crippen LogP contribution in [0.5, 0.6) is 0 Å². The number of aliphatic imine (C=N–C) groups is 1. The zero-order valence-electron chi connectivity index (χ0n) is 17.9. The van der Waals surface area contributed by atoms with Crippen LogP contribution in [0.2, 0.25) is 0 Å². The first-order chi connectivity index (χ1) is 13.9. The summed E-state index contributed by atoms with van der Waals surface area (Å²) in [7, 11) is 0. The lowest BCUT2D eigenvalue weighted by Gasteiger charge is -2.30. The highest BCUT2D eigenvalue weighted by Gasteiger charge is 2.37. The number of ketones is 2. The quantitative estimate of drug-likeness (QED) is 0.679. The minimum Gasteiger partial charge on any atom is -0.511 e. The molecule has 0 saturated carbocycles. The number of carbonyl (C=O) groups is 3. The van der Waals surface area contributed by atoms with E-state index in [-0.39, 0.29) is 58.7 Å². The number of hydrogen-bond donors (Lipinski definition) is 2. The summed E-state index contributed by atoms with van der Waals surface area (Å²) in [5, 5.41) is 23.6. The molecule has 1 aromatic rings. The number of rotatable bonds is 6. The van der Waals surface area contributed by atoms with Crippen LogP contribution in [-0.2, 0) is 22.4 Å². The second-order valence-corrected chi connectivity index (χ2v) is 9.79. The van der Waals surface area contributed by atoms with E-state index >= 15 is 0 Å². The number of fused-ring (bicyclic) bond motifs is 1. The number of aliphatic carboxylic acids is 1. The summed E-state index contributed by atoms with van der Waals surface area (Å²) in [6, 6.07) is 0. The Labute approximate surface area is 175 Å². The topological polar surface area (TPSA) is 130 Å². The van der Waals surface area contributed by atoms with E-state index in [1.165, 1.54) is 0 Å². The first-order valence-electron chi connectivity index (χ1n) is 10.1. The molecule has 0 aromatic carbocycles. The van der Waals surface area contributed by atoms with E-state index in [1.54, 1.807) is 0 Å². The normalized spacial score (nSPS) is 21.0. The summed E-state index contributed by atoms with van der Waals surface area (Å²) in [5.41, 5.74) is 0.745. The molecule has 1 aromatic heterocycles. The van der Waals surface area contributed by atoms with E-state index in [0.717, 1.165) is 0 Å². The first kappa shape index (κ1) is 21.9. The Bertz CT molecular complexity index is 964. The highest BCUT2D eigenvalue weighted by atomic mass is 16.5. The Morgan fingerprint density at radius 1 is 1.07 bits per heavy atom. The Kier molecular flexibility index (Phi) is 5.71. The third kappa shape index (κ3) is 4.68. The fourth-order valence-electron chi connectivity index (χ4n) is 4.29. The molecule has 0 fully saturated rings. The average molecular weight is 416 g/mol. The van der Waals surface area contributed by atoms with Crippen molar-refractivity contribution in [2.24, 2.45) is 15.8 Å². The predicted octanol–water partition coefficient (Wildman–Crippen LogP) is 3.49. The maximum absolute atomic E-state index is 12.7. The molecule has 1 heterocycles. The van der Waals surface area contributed by atoms with Crippen molar-refractivity contribution in [2.45, 2.75) is 66.2 Å². The van der Waals surface area contributed by atoms with Crippen LogP contribution in [0.1, 0.15) is 75.2 Å². The zero-order valence-corrected chi connectivity index (χ0v) is 17.9. The van der Waals surface area contributed by atoms with Crippen LogP contribution in [0.25, 0.3) is 0 Å². The smallest absolute Gasteiger partial charge is 0.325 e. The maximum Gasteiger partial charge on any atom is 0.325 e. The van der Waals surface area contributed by atoms with Gasteiger partial charge in [0.15, 0.2) is 11.6 Å². The number of carboxylic acids is 1. The standard InChI is InChI=1S/C22H28N2O6/c1-21(2)7-14(25)19(15(26)8-21)12(23-11-18(28)29)5-6-13-20-16(27)9-22(3,4)10-17(20)30-24-13/h25H,5-11H2,1-4H3,(H,28,29). The molecule has 0 saturated heterocycles. The summed E-state index contributed by atoms with van der Waals surface area (Å²) in [5.74, 6) is -0.924. The van der Waals surface area contributed by atoms with Gasteiger partial charge in [-0.15, -0.1) is 0 Å². The fourth-order valence-corrected chi connectivity index (χ4v) is 4.29. The number of carboxylic acid groups (broad SMARTS) is 1. The van der Waals surface area contributed by atoms with Crippen LogP contribution < -0.4 is 0 Å². The van der Waals surface area contributed by atoms with Gasteiger partial charge in [0.1, 0.15) is 18.1 Å². The van der Waals surface area contributed by atoms with Crippen molar-refractivity contribution in [3.8, 4) is 0 Å². The molecule has 3 rings (SSSR count). The summed E-state index contributed by atoms with van der Waals surface area (Å²) in [4.78, 5) is 40.4. The summed E-state index contributed by atoms with van der Waals surface area (Å²) >= 11 is 0. The molecule has 8 nitrogen and oxygen atoms in total. The van der Waals surface area contributed by atoms with Crippen molar-refractivity contribution in [1.82, 2.24) is 5.16 Å². The molecule has 0 bridgehead atoms. The van der Waals surface area contributed by atoms with Crippen molar-refractivity contribution in [2.75, 3.05) is 6.54 Å². The lowest BCUT2D eigenvalue weighted by Crippen LogP contribution is -2.30. The number of aliphatic hydroxyl groups excluding tert-OH is 1. The van der Waals surface area contributed by atoms with Gasteiger partial charge in [-0.3, -0.25) is 19.4 Å². The monoisotopic (exact) mass is 416 g/mol. The van der Waals surface area contributed by atoms with Crippen molar-refractivity contribution in [3.05, 3.63) is 28.3 Å². The van der Waals surface area contributed by atoms with Gasteiger partial charge in [-0.1, -0.05) is 32.9 Å². The molecule has 162 valence electrons. The van der Waals surface area contributed by atoms with Crippen molar-refractivity contribution in [1.29, 1.82) is 0 Å². The molecule has 2 aliphatic carbocycles. The SMILES string of the molecule is CC1(C)CC(=O)C(C(CCc2noc3c2C(=O)CC(C)(C)C3)=NCC(=O)O)=C(O)C1. The molecular formula is C22H28N2O6. The van der Waals surface area contributed by atoms with E-state index in [9.17, 15) is 19.5 Å². The third-order valence-electron chi connectivity index (χ3n) is 5.54. The number of Topliss-reactive ketones (excluding diaryl/α,β-unsaturated/α-hetero) is 2. The van der Waals surface area contributed by atoms with Gasteiger partial charge in [0, 0.05) is 25.7 Å². The van der Waals surface area contributed by atoms with Gasteiger partial charge < -0.3 is 14.7 Å². The Hall–Kier alpha value is -2.77. The molecule has 0 aliphatic heterocycles. The van der Waals surface area contributed by atoms with Crippen LogP contribution in [0.15, 0.2) is 20.8 Å². The molecule has 0 atom stereocenters. The van der Waals surface area contributed by atoms with Crippen LogP contribution in [0, 0.1) is 10.8 Å². The van der Waals surface area contributed by atoms with Gasteiger partial charge >= 0.3 is 5.97 Å². The van der Waals surface area contributed by atoms with Crippen molar-refractivity contribution < 1.29 is 29.1 Å². The Balaban J connectivity index is 1.88. The van der Waals surface area contributed by atoms with Gasteiger partial charge in [0.25, 0.3) is 0 Å². The molecule has 30 heavy (non-hydrogen) atoms. The predicted molar refractivity (Wildman–Crippen MR) is 109 cm³/mol. The molecule has 2 aliphatic rings. The number of aryl methyl sites for hydroxylation is 1. The molecule has 0 unspecified atom stereocenters. The fraction of sp³-hybridized carbons (Fsp3) is 0.591. The molecule has 8 heteroatoms. The second kappa shape index (κ2) is 7.81. The van der Waals surface area contributed by atoms with Crippen LogP contribution in [-0.4, -0.2) is 45.2 Å². The maximum atomic E-state index is 12.7. The number of aromatic nitrogens is 1. The number of hydrogen-bond acceptors (Lipinski definition) is 7. The highest BCUT2D eigenvalue weighted by Crippen LogP contribution is 2.38. The Morgan fingerprint density at radius 2 is 1.70 bits per heavy atom. The van der Waals surface area contributed by atoms with E-state index in [4.69, 9.17) is 9.63 Å². The van der Waals surface area contributed by atoms with Gasteiger partial charge in [-0.25, -0.2) is 0 Å². The van der Waals surface area contributed by atoms with E-state index in [1.807, 2.05) is 27.7 Å². The highest BCUT2D eigenvalue weighted by molar-refractivity contribution is 6.23. The summed E-state index contributed by atoms with van der Waals surface area (Å²) < 4.78 is 5.41. The van der Waals surface area contributed by atoms with Crippen molar-refractivity contribution >= 4 is 23.2 Å². The van der Waals surface area contributed by atoms with Crippen LogP contribution in [0.4, 0.5) is 0 Å². The summed E-state index contributed by atoms with van der Waals surface area (Å²) in [6.45, 7) is 7.27. The first-order valence-corrected chi connectivity index (χ1v) is 10.1. The number of carbonyl (C=O) groups excluding carboxylic acids is 2. The lowest BCUT2D eigenvalue weighted by atomic mass is 9.74. The van der Waals surface area contributed by atoms with Gasteiger partial charge in [-0.2, -0.15) is 0 Å². The number of allylic oxidation sites excluding steroid dienone is 2. The lowest BCUT2D eigenvalue weighted by molar-refractivity contribution is -0.135. The van der Waals surface area contributed by atoms with E-state index < -0.39 is 12.5 Å². The number of aliphatic hydroxyl groups is 1. The minimum atomic E-state index is -1.13. The van der Waals surface area contributed by atoms with E-state index in [2.05, 4.69) is 10.1 Å². The average Bonchev–Trinajstić information content (AvgIpc) is 2.96. The largest absolute Gasteiger partial charge is 0.511 e. The minimum absolute atomic E-state index is 0.0286. The number of nitrogens with zero attached hydrogens (tertiary/aromatic N) is 2. The molecule has 0 radical (unpaired) electrons.